The van der Waals surface area contributed by atoms with E-state index in [9.17, 15) is 9.90 Å². The highest BCUT2D eigenvalue weighted by Crippen LogP contribution is 2.20. The molecule has 4 nitrogen and oxygen atoms in total. The van der Waals surface area contributed by atoms with E-state index in [1.165, 1.54) is 6.08 Å². The van der Waals surface area contributed by atoms with Crippen molar-refractivity contribution in [1.29, 1.82) is 0 Å². The normalized spacial score (nSPS) is 18.1. The van der Waals surface area contributed by atoms with Gasteiger partial charge in [-0.15, -0.1) is 0 Å². The van der Waals surface area contributed by atoms with Crippen LogP contribution in [0.3, 0.4) is 0 Å². The van der Waals surface area contributed by atoms with Crippen molar-refractivity contribution in [3.63, 3.8) is 0 Å². The number of carbonyl (C=O) groups is 1. The molecule has 0 saturated carbocycles. The first-order valence-corrected chi connectivity index (χ1v) is 7.38. The number of amides is 1. The van der Waals surface area contributed by atoms with Gasteiger partial charge >= 0.3 is 0 Å². The molecule has 0 unspecified atom stereocenters. The first-order chi connectivity index (χ1) is 9.65. The van der Waals surface area contributed by atoms with Gasteiger partial charge in [-0.1, -0.05) is 34.1 Å². The molecule has 1 aromatic rings. The number of nitrogens with one attached hydrogen (secondary N) is 1. The Hall–Kier alpha value is -1.17. The van der Waals surface area contributed by atoms with Crippen LogP contribution in [0.15, 0.2) is 34.8 Å². The molecular weight excluding hydrogens is 322 g/mol. The SMILES string of the molecule is O=C(/C=C/c1ccccc1Br)NC1(CO)CCOCC1. The van der Waals surface area contributed by atoms with E-state index in [1.807, 2.05) is 24.3 Å². The minimum Gasteiger partial charge on any atom is -0.394 e. The fraction of sp³-hybridized carbons (Fsp3) is 0.400. The van der Waals surface area contributed by atoms with Crippen molar-refractivity contribution in [3.05, 3.63) is 40.4 Å². The molecule has 1 heterocycles. The zero-order valence-corrected chi connectivity index (χ0v) is 12.7. The van der Waals surface area contributed by atoms with Gasteiger partial charge in [0.15, 0.2) is 0 Å². The number of benzene rings is 1. The monoisotopic (exact) mass is 339 g/mol. The van der Waals surface area contributed by atoms with Crippen molar-refractivity contribution in [2.45, 2.75) is 18.4 Å². The molecule has 20 heavy (non-hydrogen) atoms. The van der Waals surface area contributed by atoms with Crippen LogP contribution in [0.4, 0.5) is 0 Å². The second-order valence-corrected chi connectivity index (χ2v) is 5.75. The molecule has 1 fully saturated rings. The second kappa shape index (κ2) is 7.02. The van der Waals surface area contributed by atoms with Crippen LogP contribution in [-0.2, 0) is 9.53 Å². The lowest BCUT2D eigenvalue weighted by atomic mass is 9.91. The summed E-state index contributed by atoms with van der Waals surface area (Å²) in [5, 5.41) is 12.4. The summed E-state index contributed by atoms with van der Waals surface area (Å²) >= 11 is 3.43. The Bertz CT molecular complexity index is 496. The van der Waals surface area contributed by atoms with E-state index in [0.29, 0.717) is 26.1 Å². The van der Waals surface area contributed by atoms with Crippen molar-refractivity contribution in [2.24, 2.45) is 0 Å². The Morgan fingerprint density at radius 2 is 2.10 bits per heavy atom. The lowest BCUT2D eigenvalue weighted by molar-refractivity contribution is -0.120. The zero-order chi connectivity index (χ0) is 14.4. The number of aliphatic hydroxyl groups excluding tert-OH is 1. The fourth-order valence-electron chi connectivity index (χ4n) is 2.16. The van der Waals surface area contributed by atoms with E-state index in [4.69, 9.17) is 4.74 Å². The molecule has 1 aliphatic rings. The average molecular weight is 340 g/mol. The van der Waals surface area contributed by atoms with Crippen LogP contribution < -0.4 is 5.32 Å². The summed E-state index contributed by atoms with van der Waals surface area (Å²) in [4.78, 5) is 12.0. The number of hydrogen-bond donors (Lipinski definition) is 2. The molecular formula is C15H18BrNO3. The summed E-state index contributed by atoms with van der Waals surface area (Å²) in [6.07, 6.45) is 4.52. The van der Waals surface area contributed by atoms with Crippen LogP contribution >= 0.6 is 15.9 Å². The first-order valence-electron chi connectivity index (χ1n) is 6.59. The van der Waals surface area contributed by atoms with Crippen LogP contribution in [-0.4, -0.2) is 36.4 Å². The first kappa shape index (κ1) is 15.2. The van der Waals surface area contributed by atoms with Gasteiger partial charge in [0.25, 0.3) is 0 Å². The van der Waals surface area contributed by atoms with E-state index in [-0.39, 0.29) is 12.5 Å². The topological polar surface area (TPSA) is 58.6 Å². The average Bonchev–Trinajstić information content (AvgIpc) is 2.47. The molecule has 2 rings (SSSR count). The van der Waals surface area contributed by atoms with E-state index >= 15 is 0 Å². The quantitative estimate of drug-likeness (QED) is 0.826. The summed E-state index contributed by atoms with van der Waals surface area (Å²) in [6.45, 7) is 1.06. The van der Waals surface area contributed by atoms with Crippen LogP contribution in [0, 0.1) is 0 Å². The van der Waals surface area contributed by atoms with Crippen molar-refractivity contribution >= 4 is 27.9 Å². The van der Waals surface area contributed by atoms with Crippen LogP contribution in [0.2, 0.25) is 0 Å². The lowest BCUT2D eigenvalue weighted by Crippen LogP contribution is -2.54. The Morgan fingerprint density at radius 1 is 1.40 bits per heavy atom. The maximum atomic E-state index is 12.0. The minimum absolute atomic E-state index is 0.0645. The van der Waals surface area contributed by atoms with Gasteiger partial charge in [0.2, 0.25) is 5.91 Å². The largest absolute Gasteiger partial charge is 0.394 e. The predicted molar refractivity (Wildman–Crippen MR) is 81.2 cm³/mol. The van der Waals surface area contributed by atoms with E-state index in [0.717, 1.165) is 10.0 Å². The molecule has 2 N–H and O–H groups in total. The molecule has 0 spiro atoms. The van der Waals surface area contributed by atoms with Crippen molar-refractivity contribution in [1.82, 2.24) is 5.32 Å². The summed E-state index contributed by atoms with van der Waals surface area (Å²) in [7, 11) is 0. The summed E-state index contributed by atoms with van der Waals surface area (Å²) in [5.41, 5.74) is 0.390. The van der Waals surface area contributed by atoms with Crippen LogP contribution in [0.1, 0.15) is 18.4 Å². The standard InChI is InChI=1S/C15H18BrNO3/c16-13-4-2-1-3-12(13)5-6-14(19)17-15(11-18)7-9-20-10-8-15/h1-6,18H,7-11H2,(H,17,19)/b6-5+. The van der Waals surface area contributed by atoms with Crippen LogP contribution in [0.25, 0.3) is 6.08 Å². The highest BCUT2D eigenvalue weighted by atomic mass is 79.9. The lowest BCUT2D eigenvalue weighted by Gasteiger charge is -2.35. The van der Waals surface area contributed by atoms with Gasteiger partial charge in [-0.05, 0) is 30.5 Å². The Morgan fingerprint density at radius 3 is 2.75 bits per heavy atom. The van der Waals surface area contributed by atoms with Gasteiger partial charge < -0.3 is 15.2 Å². The highest BCUT2D eigenvalue weighted by Gasteiger charge is 2.32. The third-order valence-electron chi connectivity index (χ3n) is 3.46. The molecule has 0 aliphatic carbocycles. The number of hydrogen-bond acceptors (Lipinski definition) is 3. The van der Waals surface area contributed by atoms with Crippen LogP contribution in [0.5, 0.6) is 0 Å². The van der Waals surface area contributed by atoms with Gasteiger partial charge in [-0.3, -0.25) is 4.79 Å². The summed E-state index contributed by atoms with van der Waals surface area (Å²) in [6, 6.07) is 7.68. The Balaban J connectivity index is 1.99. The molecule has 1 aromatic carbocycles. The minimum atomic E-state index is -0.548. The zero-order valence-electron chi connectivity index (χ0n) is 11.1. The van der Waals surface area contributed by atoms with E-state index in [1.54, 1.807) is 6.08 Å². The number of aliphatic hydroxyl groups is 1. The van der Waals surface area contributed by atoms with Crippen molar-refractivity contribution in [3.8, 4) is 0 Å². The number of rotatable bonds is 4. The molecule has 0 aromatic heterocycles. The number of halogens is 1. The number of ether oxygens (including phenoxy) is 1. The molecule has 1 amide bonds. The third-order valence-corrected chi connectivity index (χ3v) is 4.18. The Labute approximate surface area is 127 Å². The van der Waals surface area contributed by atoms with Gasteiger partial charge in [0, 0.05) is 23.8 Å². The van der Waals surface area contributed by atoms with E-state index < -0.39 is 5.54 Å². The maximum absolute atomic E-state index is 12.0. The van der Waals surface area contributed by atoms with Crippen molar-refractivity contribution in [2.75, 3.05) is 19.8 Å². The predicted octanol–water partition coefficient (Wildman–Crippen LogP) is 2.12. The summed E-state index contributed by atoms with van der Waals surface area (Å²) in [5.74, 6) is -0.197. The fourth-order valence-corrected chi connectivity index (χ4v) is 2.58. The molecule has 1 saturated heterocycles. The molecule has 108 valence electrons. The third kappa shape index (κ3) is 3.91. The molecule has 0 atom stereocenters. The Kier molecular flexibility index (Phi) is 5.34. The smallest absolute Gasteiger partial charge is 0.244 e. The molecule has 0 bridgehead atoms. The van der Waals surface area contributed by atoms with Crippen molar-refractivity contribution < 1.29 is 14.6 Å². The van der Waals surface area contributed by atoms with E-state index in [2.05, 4.69) is 21.2 Å². The molecule has 5 heteroatoms. The number of carbonyl (C=O) groups excluding carboxylic acids is 1. The maximum Gasteiger partial charge on any atom is 0.244 e. The van der Waals surface area contributed by atoms with Gasteiger partial charge in [0.1, 0.15) is 0 Å². The highest BCUT2D eigenvalue weighted by molar-refractivity contribution is 9.10. The molecule has 1 aliphatic heterocycles. The van der Waals surface area contributed by atoms with Gasteiger partial charge in [-0.2, -0.15) is 0 Å². The van der Waals surface area contributed by atoms with Gasteiger partial charge in [0.05, 0.1) is 12.1 Å². The second-order valence-electron chi connectivity index (χ2n) is 4.89. The van der Waals surface area contributed by atoms with Gasteiger partial charge in [-0.25, -0.2) is 0 Å². The summed E-state index contributed by atoms with van der Waals surface area (Å²) < 4.78 is 6.20. The molecule has 0 radical (unpaired) electrons.